The average Bonchev–Trinajstić information content (AvgIpc) is 3.46. The van der Waals surface area contributed by atoms with Gasteiger partial charge in [-0.05, 0) is 204 Å². The molecule has 0 saturated carbocycles. The zero-order valence-electron chi connectivity index (χ0n) is 28.7. The summed E-state index contributed by atoms with van der Waals surface area (Å²) in [6, 6.07) is 40.3. The summed E-state index contributed by atoms with van der Waals surface area (Å²) in [7, 11) is 0. The molecule has 0 N–H and O–H groups in total. The molecule has 0 amide bonds. The van der Waals surface area contributed by atoms with Gasteiger partial charge in [0.15, 0.2) is 0 Å². The van der Waals surface area contributed by atoms with Gasteiger partial charge in [-0.2, -0.15) is 0 Å². The fraction of sp³-hybridized carbons (Fsp3) is 0.130. The van der Waals surface area contributed by atoms with Crippen molar-refractivity contribution in [1.82, 2.24) is 0 Å². The minimum atomic E-state index is -0.0246. The van der Waals surface area contributed by atoms with E-state index in [1.165, 1.54) is 87.6 Å². The predicted molar refractivity (Wildman–Crippen MR) is 244 cm³/mol. The third kappa shape index (κ3) is 5.48. The lowest BCUT2D eigenvalue weighted by atomic mass is 9.82. The van der Waals surface area contributed by atoms with E-state index in [0.717, 1.165) is 26.8 Å². The van der Waals surface area contributed by atoms with Gasteiger partial charge in [-0.15, -0.1) is 0 Å². The summed E-state index contributed by atoms with van der Waals surface area (Å²) in [6.07, 6.45) is 0. The molecule has 0 bridgehead atoms. The highest BCUT2D eigenvalue weighted by molar-refractivity contribution is 9.11. The maximum Gasteiger partial charge on any atom is 0.0333 e. The Balaban J connectivity index is 0.000000139. The third-order valence-corrected chi connectivity index (χ3v) is 14.9. The van der Waals surface area contributed by atoms with Crippen LogP contribution >= 0.6 is 95.6 Å². The van der Waals surface area contributed by atoms with Gasteiger partial charge in [0, 0.05) is 37.7 Å². The summed E-state index contributed by atoms with van der Waals surface area (Å²) in [5.41, 5.74) is 11.0. The molecule has 0 fully saturated rings. The highest BCUT2D eigenvalue weighted by Gasteiger charge is 2.37. The molecular weight excluding hydrogens is 1030 g/mol. The van der Waals surface area contributed by atoms with Crippen LogP contribution in [0.2, 0.25) is 0 Å². The first-order valence-corrected chi connectivity index (χ1v) is 21.8. The first-order valence-electron chi connectivity index (χ1n) is 17.1. The van der Waals surface area contributed by atoms with Gasteiger partial charge >= 0.3 is 0 Å². The first-order chi connectivity index (χ1) is 24.7. The highest BCUT2D eigenvalue weighted by Crippen LogP contribution is 2.53. The quantitative estimate of drug-likeness (QED) is 0.133. The van der Waals surface area contributed by atoms with Crippen LogP contribution in [-0.2, 0) is 10.8 Å². The van der Waals surface area contributed by atoms with Gasteiger partial charge in [0.05, 0.1) is 0 Å². The second kappa shape index (κ2) is 12.6. The van der Waals surface area contributed by atoms with Crippen LogP contribution in [0.15, 0.2) is 136 Å². The normalized spacial score (nSPS) is 14.7. The summed E-state index contributed by atoms with van der Waals surface area (Å²) in [5, 5.41) is 10.1. The molecule has 0 nitrogen and oxygen atoms in total. The van der Waals surface area contributed by atoms with E-state index in [4.69, 9.17) is 0 Å². The van der Waals surface area contributed by atoms with Crippen molar-refractivity contribution in [3.8, 4) is 22.3 Å². The van der Waals surface area contributed by atoms with Gasteiger partial charge in [-0.25, -0.2) is 0 Å². The lowest BCUT2D eigenvalue weighted by Gasteiger charge is -2.22. The van der Waals surface area contributed by atoms with E-state index in [-0.39, 0.29) is 10.8 Å². The minimum absolute atomic E-state index is 0.0246. The maximum absolute atomic E-state index is 3.89. The van der Waals surface area contributed by atoms with Crippen LogP contribution in [0.5, 0.6) is 0 Å². The number of halogens is 6. The van der Waals surface area contributed by atoms with Crippen molar-refractivity contribution in [3.05, 3.63) is 158 Å². The Labute approximate surface area is 354 Å². The van der Waals surface area contributed by atoms with E-state index in [9.17, 15) is 0 Å². The van der Waals surface area contributed by atoms with Crippen LogP contribution in [-0.4, -0.2) is 0 Å². The second-order valence-electron chi connectivity index (χ2n) is 15.0. The highest BCUT2D eigenvalue weighted by atomic mass is 79.9. The number of hydrogen-bond acceptors (Lipinski definition) is 0. The van der Waals surface area contributed by atoms with E-state index in [2.05, 4.69) is 232 Å². The molecule has 0 spiro atoms. The predicted octanol–water partition coefficient (Wildman–Crippen LogP) is 17.2. The first kappa shape index (κ1) is 35.4. The van der Waals surface area contributed by atoms with E-state index in [1.54, 1.807) is 0 Å². The minimum Gasteiger partial charge on any atom is -0.0532 e. The largest absolute Gasteiger partial charge is 0.0532 e. The molecule has 52 heavy (non-hydrogen) atoms. The van der Waals surface area contributed by atoms with E-state index >= 15 is 0 Å². The second-order valence-corrected chi connectivity index (χ2v) is 20.2. The van der Waals surface area contributed by atoms with Crippen molar-refractivity contribution < 1.29 is 0 Å². The van der Waals surface area contributed by atoms with Crippen molar-refractivity contribution in [2.75, 3.05) is 0 Å². The van der Waals surface area contributed by atoms with E-state index < -0.39 is 0 Å². The van der Waals surface area contributed by atoms with Crippen LogP contribution in [0.1, 0.15) is 49.9 Å². The van der Waals surface area contributed by atoms with Crippen molar-refractivity contribution in [2.45, 2.75) is 38.5 Å². The van der Waals surface area contributed by atoms with Gasteiger partial charge in [0.1, 0.15) is 0 Å². The zero-order chi connectivity index (χ0) is 36.4. The van der Waals surface area contributed by atoms with Gasteiger partial charge < -0.3 is 0 Å². The van der Waals surface area contributed by atoms with Gasteiger partial charge in [-0.1, -0.05) is 116 Å². The number of hydrogen-bond donors (Lipinski definition) is 0. The monoisotopic (exact) mass is 1060 g/mol. The van der Waals surface area contributed by atoms with Gasteiger partial charge in [-0.3, -0.25) is 0 Å². The molecule has 0 aromatic heterocycles. The molecule has 2 aliphatic carbocycles. The van der Waals surface area contributed by atoms with E-state index in [0.29, 0.717) is 0 Å². The summed E-state index contributed by atoms with van der Waals surface area (Å²) in [4.78, 5) is 0. The molecule has 8 aromatic carbocycles. The van der Waals surface area contributed by atoms with Crippen LogP contribution in [0.3, 0.4) is 0 Å². The molecule has 8 aromatic rings. The molecule has 6 heteroatoms. The summed E-state index contributed by atoms with van der Waals surface area (Å²) in [6.45, 7) is 9.29. The van der Waals surface area contributed by atoms with Crippen molar-refractivity contribution >= 4 is 139 Å². The van der Waals surface area contributed by atoms with Crippen molar-refractivity contribution in [3.63, 3.8) is 0 Å². The number of rotatable bonds is 0. The lowest BCUT2D eigenvalue weighted by molar-refractivity contribution is 0.660. The standard InChI is InChI=1S/C23H14Br4.C23H16Br2/c1-23(2)19-8-12(25)3-5-13(19)15-9-17-18(10-20(15)23)21(26)14-6-4-11(24)7-16(14)22(17)27;1-23(2)21-11-16-7-13-3-4-17(24)9-14(13)8-15(16)10-20(21)19-6-5-18(25)12-22(19)23/h3-10H,1-2H3;3-12H,1-2H3. The van der Waals surface area contributed by atoms with Gasteiger partial charge in [0.25, 0.3) is 0 Å². The smallest absolute Gasteiger partial charge is 0.0333 e. The van der Waals surface area contributed by atoms with Crippen molar-refractivity contribution in [2.24, 2.45) is 0 Å². The van der Waals surface area contributed by atoms with Crippen molar-refractivity contribution in [1.29, 1.82) is 0 Å². The average molecular weight is 1060 g/mol. The summed E-state index contributed by atoms with van der Waals surface area (Å²) >= 11 is 22.3. The Hall–Kier alpha value is -2.32. The topological polar surface area (TPSA) is 0 Å². The molecular formula is C46H30Br6. The molecule has 0 unspecified atom stereocenters. The number of fused-ring (bicyclic) bond motifs is 10. The molecule has 256 valence electrons. The third-order valence-electron chi connectivity index (χ3n) is 11.2. The zero-order valence-corrected chi connectivity index (χ0v) is 38.2. The van der Waals surface area contributed by atoms with Crippen LogP contribution < -0.4 is 0 Å². The molecule has 10 rings (SSSR count). The fourth-order valence-electron chi connectivity index (χ4n) is 8.47. The Morgan fingerprint density at radius 2 is 0.731 bits per heavy atom. The molecule has 0 saturated heterocycles. The molecule has 0 radical (unpaired) electrons. The Morgan fingerprint density at radius 1 is 0.308 bits per heavy atom. The van der Waals surface area contributed by atoms with Crippen LogP contribution in [0, 0.1) is 0 Å². The Morgan fingerprint density at radius 3 is 1.40 bits per heavy atom. The summed E-state index contributed by atoms with van der Waals surface area (Å²) < 4.78 is 6.77. The molecule has 0 heterocycles. The van der Waals surface area contributed by atoms with Crippen LogP contribution in [0.4, 0.5) is 0 Å². The number of benzene rings is 8. The van der Waals surface area contributed by atoms with Crippen LogP contribution in [0.25, 0.3) is 65.3 Å². The lowest BCUT2D eigenvalue weighted by Crippen LogP contribution is -2.15. The molecule has 0 atom stereocenters. The maximum atomic E-state index is 3.89. The summed E-state index contributed by atoms with van der Waals surface area (Å²) in [5.74, 6) is 0. The Bertz CT molecular complexity index is 2860. The molecule has 0 aliphatic heterocycles. The SMILES string of the molecule is CC1(C)c2cc(Br)ccc2-c2cc3c(Br)c4cc(Br)ccc4c(Br)c3cc21.CC1(C)c2cc(Br)ccc2-c2cc3cc4cc(Br)ccc4cc3cc21. The van der Waals surface area contributed by atoms with E-state index in [1.807, 2.05) is 0 Å². The Kier molecular flexibility index (Phi) is 8.58. The fourth-order valence-corrected chi connectivity index (χ4v) is 11.3. The van der Waals surface area contributed by atoms with Gasteiger partial charge in [0.2, 0.25) is 0 Å². The molecule has 2 aliphatic rings.